The van der Waals surface area contributed by atoms with E-state index in [9.17, 15) is 4.79 Å². The molecule has 2 nitrogen and oxygen atoms in total. The van der Waals surface area contributed by atoms with E-state index in [1.165, 1.54) is 12.8 Å². The summed E-state index contributed by atoms with van der Waals surface area (Å²) in [6.07, 6.45) is 3.31. The van der Waals surface area contributed by atoms with Crippen molar-refractivity contribution in [2.24, 2.45) is 23.2 Å². The molecule has 18 heavy (non-hydrogen) atoms. The van der Waals surface area contributed by atoms with Crippen LogP contribution >= 0.6 is 0 Å². The van der Waals surface area contributed by atoms with Gasteiger partial charge in [0.25, 0.3) is 0 Å². The van der Waals surface area contributed by atoms with Crippen LogP contribution in [0.2, 0.25) is 0 Å². The van der Waals surface area contributed by atoms with Crippen molar-refractivity contribution in [1.82, 2.24) is 4.90 Å². The van der Waals surface area contributed by atoms with Crippen molar-refractivity contribution in [1.29, 1.82) is 0 Å². The van der Waals surface area contributed by atoms with E-state index in [0.717, 1.165) is 25.4 Å². The highest BCUT2D eigenvalue weighted by atomic mass is 16.2. The van der Waals surface area contributed by atoms with Gasteiger partial charge in [-0.15, -0.1) is 0 Å². The number of piperidine rings is 1. The number of nitrogens with zero attached hydrogens (tertiary/aromatic N) is 1. The lowest BCUT2D eigenvalue weighted by atomic mass is 9.68. The second-order valence-corrected chi connectivity index (χ2v) is 7.02. The maximum atomic E-state index is 12.3. The first-order valence-electron chi connectivity index (χ1n) is 7.60. The lowest BCUT2D eigenvalue weighted by Gasteiger charge is -2.45. The maximum absolute atomic E-state index is 12.3. The van der Waals surface area contributed by atoms with Crippen LogP contribution in [-0.2, 0) is 4.79 Å². The van der Waals surface area contributed by atoms with Crippen molar-refractivity contribution in [3.05, 3.63) is 0 Å². The molecule has 3 atom stereocenters. The van der Waals surface area contributed by atoms with Gasteiger partial charge >= 0.3 is 0 Å². The molecule has 2 heteroatoms. The fourth-order valence-corrected chi connectivity index (χ4v) is 3.27. The molecular weight excluding hydrogens is 222 g/mol. The van der Waals surface area contributed by atoms with Crippen LogP contribution in [0.5, 0.6) is 0 Å². The largest absolute Gasteiger partial charge is 0.342 e. The first-order valence-corrected chi connectivity index (χ1v) is 7.60. The fraction of sp³-hybridized carbons (Fsp3) is 0.938. The van der Waals surface area contributed by atoms with Gasteiger partial charge in [0.1, 0.15) is 0 Å². The summed E-state index contributed by atoms with van der Waals surface area (Å²) in [6.45, 7) is 15.4. The van der Waals surface area contributed by atoms with Gasteiger partial charge in [-0.3, -0.25) is 4.79 Å². The Bertz CT molecular complexity index is 279. The first-order chi connectivity index (χ1) is 8.31. The van der Waals surface area contributed by atoms with Gasteiger partial charge < -0.3 is 4.90 Å². The number of rotatable bonds is 3. The minimum Gasteiger partial charge on any atom is -0.342 e. The Morgan fingerprint density at radius 2 is 1.94 bits per heavy atom. The predicted octanol–water partition coefficient (Wildman–Crippen LogP) is 3.95. The second-order valence-electron chi connectivity index (χ2n) is 7.02. The smallest absolute Gasteiger partial charge is 0.225 e. The number of amides is 1. The molecule has 0 aromatic rings. The Kier molecular flexibility index (Phi) is 5.24. The van der Waals surface area contributed by atoms with Crippen LogP contribution in [0.15, 0.2) is 0 Å². The van der Waals surface area contributed by atoms with Crippen molar-refractivity contribution in [2.45, 2.75) is 60.8 Å². The van der Waals surface area contributed by atoms with Gasteiger partial charge in [0.2, 0.25) is 5.91 Å². The SMILES string of the molecule is CCC(C)C(=O)N1CCC(C(C)(C)C)C(CC)C1. The summed E-state index contributed by atoms with van der Waals surface area (Å²) in [5.74, 6) is 1.98. The lowest BCUT2D eigenvalue weighted by molar-refractivity contribution is -0.138. The molecule has 0 aliphatic carbocycles. The molecule has 0 N–H and O–H groups in total. The van der Waals surface area contributed by atoms with Crippen LogP contribution in [0.3, 0.4) is 0 Å². The van der Waals surface area contributed by atoms with Crippen LogP contribution in [0.4, 0.5) is 0 Å². The molecule has 0 radical (unpaired) electrons. The Morgan fingerprint density at radius 3 is 2.39 bits per heavy atom. The first kappa shape index (κ1) is 15.5. The number of hydrogen-bond acceptors (Lipinski definition) is 1. The number of likely N-dealkylation sites (tertiary alicyclic amines) is 1. The number of carbonyl (C=O) groups is 1. The molecule has 1 saturated heterocycles. The summed E-state index contributed by atoms with van der Waals surface area (Å²) in [7, 11) is 0. The minimum absolute atomic E-state index is 0.189. The van der Waals surface area contributed by atoms with E-state index in [1.807, 2.05) is 0 Å². The quantitative estimate of drug-likeness (QED) is 0.745. The summed E-state index contributed by atoms with van der Waals surface area (Å²) in [4.78, 5) is 14.4. The molecule has 0 aromatic carbocycles. The zero-order valence-electron chi connectivity index (χ0n) is 13.1. The van der Waals surface area contributed by atoms with Crippen LogP contribution in [-0.4, -0.2) is 23.9 Å². The van der Waals surface area contributed by atoms with Crippen LogP contribution in [0.25, 0.3) is 0 Å². The van der Waals surface area contributed by atoms with Crippen molar-refractivity contribution < 1.29 is 4.79 Å². The van der Waals surface area contributed by atoms with E-state index in [-0.39, 0.29) is 5.92 Å². The molecule has 3 unspecified atom stereocenters. The monoisotopic (exact) mass is 253 g/mol. The van der Waals surface area contributed by atoms with Crippen LogP contribution in [0.1, 0.15) is 60.8 Å². The van der Waals surface area contributed by atoms with Gasteiger partial charge in [-0.2, -0.15) is 0 Å². The Hall–Kier alpha value is -0.530. The van der Waals surface area contributed by atoms with E-state index in [1.54, 1.807) is 0 Å². The van der Waals surface area contributed by atoms with E-state index < -0.39 is 0 Å². The molecule has 1 heterocycles. The lowest BCUT2D eigenvalue weighted by Crippen LogP contribution is -2.48. The molecule has 1 aliphatic rings. The van der Waals surface area contributed by atoms with Crippen molar-refractivity contribution in [3.8, 4) is 0 Å². The standard InChI is InChI=1S/C16H31NO/c1-7-12(3)15(18)17-10-9-14(16(4,5)6)13(8-2)11-17/h12-14H,7-11H2,1-6H3. The molecule has 106 valence electrons. The van der Waals surface area contributed by atoms with Crippen molar-refractivity contribution in [2.75, 3.05) is 13.1 Å². The van der Waals surface area contributed by atoms with Gasteiger partial charge in [-0.25, -0.2) is 0 Å². The summed E-state index contributed by atoms with van der Waals surface area (Å²) in [6, 6.07) is 0. The van der Waals surface area contributed by atoms with E-state index in [4.69, 9.17) is 0 Å². The molecule has 1 rings (SSSR count). The topological polar surface area (TPSA) is 20.3 Å². The molecule has 0 saturated carbocycles. The average Bonchev–Trinajstić information content (AvgIpc) is 2.34. The summed E-state index contributed by atoms with van der Waals surface area (Å²) in [5.41, 5.74) is 0.367. The zero-order chi connectivity index (χ0) is 13.9. The summed E-state index contributed by atoms with van der Waals surface area (Å²) < 4.78 is 0. The number of hydrogen-bond donors (Lipinski definition) is 0. The van der Waals surface area contributed by atoms with E-state index in [0.29, 0.717) is 17.2 Å². The third-order valence-corrected chi connectivity index (χ3v) is 4.72. The van der Waals surface area contributed by atoms with Crippen molar-refractivity contribution in [3.63, 3.8) is 0 Å². The molecule has 0 bridgehead atoms. The molecule has 1 aliphatic heterocycles. The highest BCUT2D eigenvalue weighted by Gasteiger charge is 2.37. The highest BCUT2D eigenvalue weighted by molar-refractivity contribution is 5.78. The third-order valence-electron chi connectivity index (χ3n) is 4.72. The maximum Gasteiger partial charge on any atom is 0.225 e. The molecular formula is C16H31NO. The van der Waals surface area contributed by atoms with Gasteiger partial charge in [-0.1, -0.05) is 48.0 Å². The Labute approximate surface area is 113 Å². The van der Waals surface area contributed by atoms with Gasteiger partial charge in [0.05, 0.1) is 0 Å². The average molecular weight is 253 g/mol. The van der Waals surface area contributed by atoms with Gasteiger partial charge in [0.15, 0.2) is 0 Å². The minimum atomic E-state index is 0.189. The Balaban J connectivity index is 2.70. The molecule has 0 aromatic heterocycles. The third kappa shape index (κ3) is 3.49. The molecule has 1 fully saturated rings. The summed E-state index contributed by atoms with van der Waals surface area (Å²) >= 11 is 0. The zero-order valence-corrected chi connectivity index (χ0v) is 13.1. The van der Waals surface area contributed by atoms with Gasteiger partial charge in [0, 0.05) is 19.0 Å². The van der Waals surface area contributed by atoms with Gasteiger partial charge in [-0.05, 0) is 30.1 Å². The number of carbonyl (C=O) groups excluding carboxylic acids is 1. The second kappa shape index (κ2) is 6.08. The fourth-order valence-electron chi connectivity index (χ4n) is 3.27. The van der Waals surface area contributed by atoms with Crippen LogP contribution < -0.4 is 0 Å². The normalized spacial score (nSPS) is 27.1. The van der Waals surface area contributed by atoms with E-state index >= 15 is 0 Å². The summed E-state index contributed by atoms with van der Waals surface area (Å²) in [5, 5.41) is 0. The van der Waals surface area contributed by atoms with Crippen LogP contribution in [0, 0.1) is 23.2 Å². The molecule has 0 spiro atoms. The predicted molar refractivity (Wildman–Crippen MR) is 77.4 cm³/mol. The highest BCUT2D eigenvalue weighted by Crippen LogP contribution is 2.39. The Morgan fingerprint density at radius 1 is 1.33 bits per heavy atom. The van der Waals surface area contributed by atoms with Crippen molar-refractivity contribution >= 4 is 5.91 Å². The van der Waals surface area contributed by atoms with E-state index in [2.05, 4.69) is 46.4 Å². The molecule has 1 amide bonds.